The maximum absolute atomic E-state index is 13.4. The maximum atomic E-state index is 13.4. The zero-order valence-corrected chi connectivity index (χ0v) is 12.5. The maximum Gasteiger partial charge on any atom is 0.254 e. The van der Waals surface area contributed by atoms with Crippen LogP contribution in [0.3, 0.4) is 0 Å². The molecule has 1 aromatic carbocycles. The first kappa shape index (κ1) is 14.5. The van der Waals surface area contributed by atoms with Crippen molar-refractivity contribution >= 4 is 5.91 Å². The van der Waals surface area contributed by atoms with Crippen LogP contribution >= 0.6 is 0 Å². The van der Waals surface area contributed by atoms with Gasteiger partial charge in [-0.15, -0.1) is 0 Å². The number of halogens is 1. The summed E-state index contributed by atoms with van der Waals surface area (Å²) in [6.45, 7) is 5.44. The molecule has 1 amide bonds. The molecule has 3 rings (SSSR count). The molecular weight excluding hydrogens is 271 g/mol. The second-order valence-corrected chi connectivity index (χ2v) is 6.17. The van der Waals surface area contributed by atoms with Crippen LogP contribution in [0.2, 0.25) is 0 Å². The molecule has 2 atom stereocenters. The van der Waals surface area contributed by atoms with E-state index in [2.05, 4.69) is 11.9 Å². The van der Waals surface area contributed by atoms with Gasteiger partial charge in [-0.3, -0.25) is 9.69 Å². The summed E-state index contributed by atoms with van der Waals surface area (Å²) in [7, 11) is 2.08. The van der Waals surface area contributed by atoms with Gasteiger partial charge in [-0.25, -0.2) is 4.39 Å². The molecule has 0 spiro atoms. The van der Waals surface area contributed by atoms with Gasteiger partial charge in [-0.1, -0.05) is 6.07 Å². The first-order valence-corrected chi connectivity index (χ1v) is 7.38. The van der Waals surface area contributed by atoms with Crippen molar-refractivity contribution in [3.8, 4) is 0 Å². The molecule has 4 nitrogen and oxygen atoms in total. The molecule has 0 unspecified atom stereocenters. The van der Waals surface area contributed by atoms with Crippen molar-refractivity contribution in [3.63, 3.8) is 0 Å². The quantitative estimate of drug-likeness (QED) is 0.787. The summed E-state index contributed by atoms with van der Waals surface area (Å²) in [4.78, 5) is 16.9. The predicted octanol–water partition coefficient (Wildman–Crippen LogP) is 1.54. The Bertz CT molecular complexity index is 549. The standard InChI is InChI=1S/C16H21FN2O2/c1-11-3-4-13(17)5-15(11)16(20)19-7-12-6-18(2)14(8-19)10-21-9-12/h3-5,12,14H,6-10H2,1-2H3/t12-,14+/m1/s1. The molecule has 21 heavy (non-hydrogen) atoms. The van der Waals surface area contributed by atoms with Gasteiger partial charge in [0.2, 0.25) is 0 Å². The monoisotopic (exact) mass is 292 g/mol. The molecule has 114 valence electrons. The molecule has 2 aliphatic heterocycles. The Morgan fingerprint density at radius 2 is 2.10 bits per heavy atom. The molecule has 2 fully saturated rings. The minimum Gasteiger partial charge on any atom is -0.379 e. The molecule has 0 N–H and O–H groups in total. The molecule has 1 aromatic rings. The number of carbonyl (C=O) groups excluding carboxylic acids is 1. The van der Waals surface area contributed by atoms with Gasteiger partial charge in [0.1, 0.15) is 5.82 Å². The van der Waals surface area contributed by atoms with Crippen LogP contribution in [0, 0.1) is 18.7 Å². The minimum atomic E-state index is -0.362. The molecule has 0 aromatic heterocycles. The van der Waals surface area contributed by atoms with E-state index in [0.717, 1.165) is 12.1 Å². The number of likely N-dealkylation sites (N-methyl/N-ethyl adjacent to an activating group) is 1. The number of fused-ring (bicyclic) bond motifs is 3. The van der Waals surface area contributed by atoms with Gasteiger partial charge in [-0.2, -0.15) is 0 Å². The Morgan fingerprint density at radius 3 is 2.90 bits per heavy atom. The third kappa shape index (κ3) is 2.94. The number of benzene rings is 1. The fraction of sp³-hybridized carbons (Fsp3) is 0.562. The van der Waals surface area contributed by atoms with E-state index in [1.54, 1.807) is 6.07 Å². The average molecular weight is 292 g/mol. The normalized spacial score (nSPS) is 26.5. The van der Waals surface area contributed by atoms with Crippen molar-refractivity contribution in [2.45, 2.75) is 13.0 Å². The molecule has 2 heterocycles. The Balaban J connectivity index is 1.86. The van der Waals surface area contributed by atoms with Gasteiger partial charge in [-0.05, 0) is 31.7 Å². The molecule has 0 saturated carbocycles. The van der Waals surface area contributed by atoms with Gasteiger partial charge < -0.3 is 9.64 Å². The molecule has 5 heteroatoms. The van der Waals surface area contributed by atoms with E-state index in [0.29, 0.717) is 37.8 Å². The van der Waals surface area contributed by atoms with E-state index in [9.17, 15) is 9.18 Å². The fourth-order valence-electron chi connectivity index (χ4n) is 3.21. The van der Waals surface area contributed by atoms with Crippen molar-refractivity contribution in [2.24, 2.45) is 5.92 Å². The smallest absolute Gasteiger partial charge is 0.254 e. The van der Waals surface area contributed by atoms with Crippen molar-refractivity contribution in [1.29, 1.82) is 0 Å². The van der Waals surface area contributed by atoms with Crippen LogP contribution in [-0.4, -0.2) is 61.6 Å². The summed E-state index contributed by atoms with van der Waals surface area (Å²) in [6.07, 6.45) is 0. The number of hydrogen-bond acceptors (Lipinski definition) is 3. The number of carbonyl (C=O) groups is 1. The highest BCUT2D eigenvalue weighted by molar-refractivity contribution is 5.95. The van der Waals surface area contributed by atoms with Gasteiger partial charge in [0.25, 0.3) is 5.91 Å². The number of ether oxygens (including phenoxy) is 1. The fourth-order valence-corrected chi connectivity index (χ4v) is 3.21. The third-order valence-electron chi connectivity index (χ3n) is 4.46. The van der Waals surface area contributed by atoms with E-state index >= 15 is 0 Å². The van der Waals surface area contributed by atoms with Gasteiger partial charge in [0.15, 0.2) is 0 Å². The molecule has 0 radical (unpaired) electrons. The molecule has 0 aliphatic carbocycles. The number of aryl methyl sites for hydroxylation is 1. The predicted molar refractivity (Wildman–Crippen MR) is 77.8 cm³/mol. The molecule has 2 saturated heterocycles. The zero-order chi connectivity index (χ0) is 15.0. The number of amides is 1. The summed E-state index contributed by atoms with van der Waals surface area (Å²) in [5.41, 5.74) is 1.29. The van der Waals surface area contributed by atoms with Crippen molar-refractivity contribution < 1.29 is 13.9 Å². The van der Waals surface area contributed by atoms with Crippen LogP contribution in [0.5, 0.6) is 0 Å². The Morgan fingerprint density at radius 1 is 1.29 bits per heavy atom. The second kappa shape index (κ2) is 5.73. The number of rotatable bonds is 1. The zero-order valence-electron chi connectivity index (χ0n) is 12.5. The van der Waals surface area contributed by atoms with E-state index in [1.807, 2.05) is 11.8 Å². The summed E-state index contributed by atoms with van der Waals surface area (Å²) in [5, 5.41) is 0. The average Bonchev–Trinajstić information content (AvgIpc) is 2.69. The lowest BCUT2D eigenvalue weighted by Crippen LogP contribution is -2.44. The third-order valence-corrected chi connectivity index (χ3v) is 4.46. The first-order valence-electron chi connectivity index (χ1n) is 7.38. The Kier molecular flexibility index (Phi) is 3.95. The van der Waals surface area contributed by atoms with Crippen LogP contribution in [0.4, 0.5) is 4.39 Å². The van der Waals surface area contributed by atoms with Gasteiger partial charge >= 0.3 is 0 Å². The first-order chi connectivity index (χ1) is 10.0. The number of hydrogen-bond donors (Lipinski definition) is 0. The summed E-state index contributed by atoms with van der Waals surface area (Å²) in [5.74, 6) is -0.112. The summed E-state index contributed by atoms with van der Waals surface area (Å²) >= 11 is 0. The molecule has 2 aliphatic rings. The summed E-state index contributed by atoms with van der Waals surface area (Å²) in [6, 6.07) is 4.62. The van der Waals surface area contributed by atoms with E-state index in [-0.39, 0.29) is 17.8 Å². The van der Waals surface area contributed by atoms with E-state index in [4.69, 9.17) is 4.74 Å². The molecule has 2 bridgehead atoms. The van der Waals surface area contributed by atoms with E-state index in [1.165, 1.54) is 12.1 Å². The van der Waals surface area contributed by atoms with Crippen LogP contribution in [0.15, 0.2) is 18.2 Å². The van der Waals surface area contributed by atoms with E-state index < -0.39 is 0 Å². The van der Waals surface area contributed by atoms with Gasteiger partial charge in [0.05, 0.1) is 19.3 Å². The number of nitrogens with zero attached hydrogens (tertiary/aromatic N) is 2. The lowest BCUT2D eigenvalue weighted by molar-refractivity contribution is 0.0433. The van der Waals surface area contributed by atoms with Crippen molar-refractivity contribution in [2.75, 3.05) is 39.9 Å². The Labute approximate surface area is 124 Å². The SMILES string of the molecule is Cc1ccc(F)cc1C(=O)N1C[C@@H]2COC[C@H](C1)N(C)C2. The highest BCUT2D eigenvalue weighted by atomic mass is 19.1. The topological polar surface area (TPSA) is 32.8 Å². The highest BCUT2D eigenvalue weighted by Gasteiger charge is 2.33. The molecular formula is C16H21FN2O2. The second-order valence-electron chi connectivity index (χ2n) is 6.17. The Hall–Kier alpha value is -1.46. The van der Waals surface area contributed by atoms with Crippen LogP contribution in [0.1, 0.15) is 15.9 Å². The van der Waals surface area contributed by atoms with Gasteiger partial charge in [0, 0.05) is 31.1 Å². The largest absolute Gasteiger partial charge is 0.379 e. The van der Waals surface area contributed by atoms with Crippen molar-refractivity contribution in [1.82, 2.24) is 9.80 Å². The van der Waals surface area contributed by atoms with Crippen LogP contribution in [0.25, 0.3) is 0 Å². The van der Waals surface area contributed by atoms with Crippen molar-refractivity contribution in [3.05, 3.63) is 35.1 Å². The highest BCUT2D eigenvalue weighted by Crippen LogP contribution is 2.21. The summed E-state index contributed by atoms with van der Waals surface area (Å²) < 4.78 is 19.1. The van der Waals surface area contributed by atoms with Crippen LogP contribution in [-0.2, 0) is 4.74 Å². The lowest BCUT2D eigenvalue weighted by Gasteiger charge is -2.30. The minimum absolute atomic E-state index is 0.0702. The van der Waals surface area contributed by atoms with Crippen LogP contribution < -0.4 is 0 Å². The lowest BCUT2D eigenvalue weighted by atomic mass is 10.1.